The van der Waals surface area contributed by atoms with E-state index >= 15 is 0 Å². The van der Waals surface area contributed by atoms with E-state index in [1.54, 1.807) is 16.8 Å². The van der Waals surface area contributed by atoms with Gasteiger partial charge in [-0.2, -0.15) is 0 Å². The van der Waals surface area contributed by atoms with E-state index in [1.165, 1.54) is 0 Å². The number of halogens is 2. The largest absolute Gasteiger partial charge is 0.344 e. The van der Waals surface area contributed by atoms with Crippen molar-refractivity contribution in [3.8, 4) is 11.1 Å². The van der Waals surface area contributed by atoms with Gasteiger partial charge in [-0.05, 0) is 31.9 Å². The molecule has 3 aromatic heterocycles. The zero-order valence-corrected chi connectivity index (χ0v) is 14.1. The number of pyridine rings is 2. The summed E-state index contributed by atoms with van der Waals surface area (Å²) in [5.41, 5.74) is 2.68. The van der Waals surface area contributed by atoms with Crippen molar-refractivity contribution in [2.45, 2.75) is 32.4 Å². The van der Waals surface area contributed by atoms with Crippen LogP contribution in [0.2, 0.25) is 10.2 Å². The first-order chi connectivity index (χ1) is 11.1. The van der Waals surface area contributed by atoms with Crippen LogP contribution in [0.3, 0.4) is 0 Å². The van der Waals surface area contributed by atoms with Gasteiger partial charge in [0, 0.05) is 42.3 Å². The quantitative estimate of drug-likeness (QED) is 0.653. The molecule has 0 amide bonds. The molecule has 0 N–H and O–H groups in total. The van der Waals surface area contributed by atoms with Crippen molar-refractivity contribution in [3.05, 3.63) is 51.3 Å². The first kappa shape index (κ1) is 14.8. The first-order valence-corrected chi connectivity index (χ1v) is 8.41. The Morgan fingerprint density at radius 2 is 2.13 bits per heavy atom. The smallest absolute Gasteiger partial charge is 0.260 e. The number of hydrogen-bond donors (Lipinski definition) is 0. The molecule has 1 aliphatic rings. The Balaban J connectivity index is 2.05. The molecule has 0 bridgehead atoms. The van der Waals surface area contributed by atoms with E-state index in [1.807, 2.05) is 25.4 Å². The van der Waals surface area contributed by atoms with Gasteiger partial charge in [0.2, 0.25) is 0 Å². The molecule has 0 spiro atoms. The second kappa shape index (κ2) is 5.39. The molecule has 0 atom stereocenters. The number of nitrogens with zero attached hydrogens (tertiary/aromatic N) is 3. The van der Waals surface area contributed by atoms with Crippen molar-refractivity contribution in [2.75, 3.05) is 0 Å². The molecule has 0 aromatic carbocycles. The predicted molar refractivity (Wildman–Crippen MR) is 93.4 cm³/mol. The van der Waals surface area contributed by atoms with Gasteiger partial charge in [0.25, 0.3) is 5.56 Å². The zero-order valence-electron chi connectivity index (χ0n) is 12.6. The lowest BCUT2D eigenvalue weighted by Gasteiger charge is -2.05. The maximum absolute atomic E-state index is 12.8. The Kier molecular flexibility index (Phi) is 3.47. The molecule has 0 unspecified atom stereocenters. The summed E-state index contributed by atoms with van der Waals surface area (Å²) in [5, 5.41) is 1.39. The third-order valence-corrected chi connectivity index (χ3v) is 5.03. The van der Waals surface area contributed by atoms with Gasteiger partial charge in [0.15, 0.2) is 0 Å². The minimum atomic E-state index is 0.0190. The number of aryl methyl sites for hydroxylation is 1. The van der Waals surface area contributed by atoms with Crippen LogP contribution in [0.4, 0.5) is 0 Å². The minimum absolute atomic E-state index is 0.0190. The topological polar surface area (TPSA) is 39.8 Å². The van der Waals surface area contributed by atoms with Gasteiger partial charge in [-0.25, -0.2) is 4.98 Å². The average Bonchev–Trinajstić information content (AvgIpc) is 3.31. The molecular weight excluding hydrogens is 333 g/mol. The summed E-state index contributed by atoms with van der Waals surface area (Å²) in [4.78, 5) is 17.0. The lowest BCUT2D eigenvalue weighted by molar-refractivity contribution is 0.730. The lowest BCUT2D eigenvalue weighted by atomic mass is 10.1. The summed E-state index contributed by atoms with van der Waals surface area (Å²) in [6, 6.07) is 4.28. The highest BCUT2D eigenvalue weighted by atomic mass is 35.5. The van der Waals surface area contributed by atoms with Crippen molar-refractivity contribution in [1.82, 2.24) is 14.1 Å². The molecule has 118 valence electrons. The van der Waals surface area contributed by atoms with E-state index in [4.69, 9.17) is 23.2 Å². The van der Waals surface area contributed by atoms with Crippen LogP contribution < -0.4 is 5.56 Å². The third-order valence-electron chi connectivity index (χ3n) is 4.35. The molecule has 4 nitrogen and oxygen atoms in total. The lowest BCUT2D eigenvalue weighted by Crippen LogP contribution is -2.18. The van der Waals surface area contributed by atoms with Crippen molar-refractivity contribution in [3.63, 3.8) is 0 Å². The molecule has 0 aliphatic heterocycles. The molecule has 6 heteroatoms. The summed E-state index contributed by atoms with van der Waals surface area (Å²) in [6.07, 6.45) is 7.88. The number of fused-ring (bicyclic) bond motifs is 1. The van der Waals surface area contributed by atoms with Crippen molar-refractivity contribution < 1.29 is 0 Å². The van der Waals surface area contributed by atoms with Crippen LogP contribution in [0.15, 0.2) is 35.5 Å². The average molecular weight is 348 g/mol. The Labute approximate surface area is 143 Å². The highest BCUT2D eigenvalue weighted by Gasteiger charge is 2.27. The fourth-order valence-corrected chi connectivity index (χ4v) is 3.27. The van der Waals surface area contributed by atoms with E-state index in [-0.39, 0.29) is 10.7 Å². The van der Waals surface area contributed by atoms with E-state index in [2.05, 4.69) is 9.55 Å². The molecular formula is C17H15Cl2N3O. The van der Waals surface area contributed by atoms with Crippen LogP contribution in [-0.4, -0.2) is 14.1 Å². The van der Waals surface area contributed by atoms with E-state index in [9.17, 15) is 4.79 Å². The van der Waals surface area contributed by atoms with Crippen LogP contribution in [0.25, 0.3) is 22.0 Å². The van der Waals surface area contributed by atoms with Gasteiger partial charge >= 0.3 is 0 Å². The van der Waals surface area contributed by atoms with Crippen molar-refractivity contribution in [2.24, 2.45) is 0 Å². The monoisotopic (exact) mass is 347 g/mol. The SMILES string of the molecule is CCn1ccc2c(c(-c3cnc(Cl)c(Cl)c3)cn2C2CC2)c1=O. The summed E-state index contributed by atoms with van der Waals surface area (Å²) < 4.78 is 3.92. The molecule has 4 rings (SSSR count). The fourth-order valence-electron chi connectivity index (χ4n) is 3.00. The maximum atomic E-state index is 12.8. The van der Waals surface area contributed by atoms with Crippen LogP contribution in [0.1, 0.15) is 25.8 Å². The number of aromatic nitrogens is 3. The molecule has 1 fully saturated rings. The van der Waals surface area contributed by atoms with Gasteiger partial charge < -0.3 is 9.13 Å². The van der Waals surface area contributed by atoms with Crippen LogP contribution in [0.5, 0.6) is 0 Å². The Morgan fingerprint density at radius 3 is 2.78 bits per heavy atom. The third kappa shape index (κ3) is 2.37. The Morgan fingerprint density at radius 1 is 1.35 bits per heavy atom. The molecule has 3 heterocycles. The Hall–Kier alpha value is -1.78. The fraction of sp³-hybridized carbons (Fsp3) is 0.294. The van der Waals surface area contributed by atoms with Crippen LogP contribution >= 0.6 is 23.2 Å². The summed E-state index contributed by atoms with van der Waals surface area (Å²) in [5.74, 6) is 0. The van der Waals surface area contributed by atoms with Gasteiger partial charge in [-0.1, -0.05) is 23.2 Å². The molecule has 23 heavy (non-hydrogen) atoms. The standard InChI is InChI=1S/C17H15Cl2N3O/c1-2-21-6-5-14-15(17(21)23)12(9-22(14)11-3-4-11)10-7-13(18)16(19)20-8-10/h5-9,11H,2-4H2,1H3. The highest BCUT2D eigenvalue weighted by molar-refractivity contribution is 6.41. The minimum Gasteiger partial charge on any atom is -0.344 e. The van der Waals surface area contributed by atoms with Gasteiger partial charge in [-0.3, -0.25) is 4.79 Å². The van der Waals surface area contributed by atoms with E-state index in [0.717, 1.165) is 34.9 Å². The molecule has 0 radical (unpaired) electrons. The highest BCUT2D eigenvalue weighted by Crippen LogP contribution is 2.40. The molecule has 1 aliphatic carbocycles. The zero-order chi connectivity index (χ0) is 16.1. The first-order valence-electron chi connectivity index (χ1n) is 7.65. The van der Waals surface area contributed by atoms with Crippen molar-refractivity contribution >= 4 is 34.1 Å². The van der Waals surface area contributed by atoms with Gasteiger partial charge in [0.05, 0.1) is 15.9 Å². The van der Waals surface area contributed by atoms with Crippen LogP contribution in [0, 0.1) is 0 Å². The summed E-state index contributed by atoms with van der Waals surface area (Å²) in [7, 11) is 0. The van der Waals surface area contributed by atoms with Crippen LogP contribution in [-0.2, 0) is 6.54 Å². The van der Waals surface area contributed by atoms with Crippen molar-refractivity contribution in [1.29, 1.82) is 0 Å². The van der Waals surface area contributed by atoms with E-state index in [0.29, 0.717) is 17.6 Å². The van der Waals surface area contributed by atoms with Gasteiger partial charge in [0.1, 0.15) is 5.15 Å². The molecule has 3 aromatic rings. The van der Waals surface area contributed by atoms with Gasteiger partial charge in [-0.15, -0.1) is 0 Å². The molecule has 0 saturated heterocycles. The summed E-state index contributed by atoms with van der Waals surface area (Å²) in [6.45, 7) is 2.61. The number of hydrogen-bond acceptors (Lipinski definition) is 2. The second-order valence-corrected chi connectivity index (χ2v) is 6.61. The second-order valence-electron chi connectivity index (χ2n) is 5.84. The maximum Gasteiger partial charge on any atom is 0.260 e. The normalized spacial score (nSPS) is 14.6. The van der Waals surface area contributed by atoms with E-state index < -0.39 is 0 Å². The predicted octanol–water partition coefficient (Wildman–Crippen LogP) is 4.53. The Bertz CT molecular complexity index is 970. The number of rotatable bonds is 3. The molecule has 1 saturated carbocycles. The summed E-state index contributed by atoms with van der Waals surface area (Å²) >= 11 is 12.0.